The van der Waals surface area contributed by atoms with Crippen molar-refractivity contribution in [2.24, 2.45) is 0 Å². The Morgan fingerprint density at radius 2 is 0.818 bits per heavy atom. The molecule has 27 heteroatoms. The smallest absolute Gasteiger partial charge is 0.248 e. The summed E-state index contributed by atoms with van der Waals surface area (Å²) in [6, 6.07) is 53.1. The van der Waals surface area contributed by atoms with Gasteiger partial charge in [-0.2, -0.15) is 38.7 Å². The van der Waals surface area contributed by atoms with Crippen LogP contribution in [0.3, 0.4) is 0 Å². The van der Waals surface area contributed by atoms with E-state index in [9.17, 15) is 0 Å². The molecule has 27 nitrogen and oxygen atoms in total. The Hall–Kier alpha value is -12.2. The SMILES string of the molecule is CCN(CC)c1ccc(Cc2nc(N)n(-c3ccccn3)n2)cc1.CCOc1cccc(Nc2nc(N)n(-c3ccccn3)n2)c1.COc1ccc(Nc2nc(N)n(-c3ccccn3)n2)cc1.COc1cccc(Nc2nc(N)n(-c3ccccn3)n2)c1. The van der Waals surface area contributed by atoms with Gasteiger partial charge in [-0.3, -0.25) is 0 Å². The molecule has 0 aliphatic heterocycles. The fourth-order valence-electron chi connectivity index (χ4n) is 8.35. The van der Waals surface area contributed by atoms with Gasteiger partial charge in [0.15, 0.2) is 29.1 Å². The van der Waals surface area contributed by atoms with E-state index < -0.39 is 0 Å². The lowest BCUT2D eigenvalue weighted by Gasteiger charge is -2.21. The van der Waals surface area contributed by atoms with E-state index in [1.165, 1.54) is 19.7 Å². The summed E-state index contributed by atoms with van der Waals surface area (Å²) in [5.74, 6) is 7.87. The zero-order chi connectivity index (χ0) is 61.6. The molecule has 448 valence electrons. The first-order valence-electron chi connectivity index (χ1n) is 27.7. The summed E-state index contributed by atoms with van der Waals surface area (Å²) in [6.45, 7) is 8.88. The lowest BCUT2D eigenvalue weighted by Crippen LogP contribution is -2.21. The maximum atomic E-state index is 5.97. The first-order chi connectivity index (χ1) is 43.0. The monoisotopic (exact) mass is 1180 g/mol. The third kappa shape index (κ3) is 16.3. The summed E-state index contributed by atoms with van der Waals surface area (Å²) < 4.78 is 21.7. The highest BCUT2D eigenvalue weighted by Gasteiger charge is 2.15. The van der Waals surface area contributed by atoms with E-state index in [4.69, 9.17) is 37.1 Å². The molecule has 88 heavy (non-hydrogen) atoms. The van der Waals surface area contributed by atoms with E-state index in [0.29, 0.717) is 65.9 Å². The van der Waals surface area contributed by atoms with Crippen LogP contribution in [0.5, 0.6) is 17.2 Å². The molecule has 0 amide bonds. The minimum atomic E-state index is 0.263. The summed E-state index contributed by atoms with van der Waals surface area (Å²) >= 11 is 0. The van der Waals surface area contributed by atoms with Crippen LogP contribution < -0.4 is 58.0 Å². The average molecular weight is 1180 g/mol. The van der Waals surface area contributed by atoms with Crippen LogP contribution in [0.4, 0.5) is 64.4 Å². The van der Waals surface area contributed by atoms with Crippen molar-refractivity contribution in [1.82, 2.24) is 79.0 Å². The number of rotatable bonds is 19. The summed E-state index contributed by atoms with van der Waals surface area (Å²) in [4.78, 5) is 36.0. The lowest BCUT2D eigenvalue weighted by atomic mass is 10.1. The number of aromatic nitrogens is 16. The van der Waals surface area contributed by atoms with Gasteiger partial charge in [-0.25, -0.2) is 19.9 Å². The number of nitrogens with one attached hydrogen (secondary N) is 3. The molecule has 0 atom stereocenters. The summed E-state index contributed by atoms with van der Waals surface area (Å²) in [5.41, 5.74) is 28.5. The number of pyridine rings is 4. The van der Waals surface area contributed by atoms with Crippen molar-refractivity contribution in [3.63, 3.8) is 0 Å². The zero-order valence-corrected chi connectivity index (χ0v) is 48.9. The van der Waals surface area contributed by atoms with Gasteiger partial charge in [0.05, 0.1) is 20.8 Å². The van der Waals surface area contributed by atoms with E-state index in [1.807, 2.05) is 146 Å². The second kappa shape index (κ2) is 29.9. The normalized spacial score (nSPS) is 10.5. The minimum absolute atomic E-state index is 0.263. The fraction of sp³-hybridized carbons (Fsp3) is 0.148. The number of ether oxygens (including phenoxy) is 3. The van der Waals surface area contributed by atoms with E-state index >= 15 is 0 Å². The van der Waals surface area contributed by atoms with E-state index in [1.54, 1.807) is 49.8 Å². The van der Waals surface area contributed by atoms with Crippen LogP contribution in [-0.2, 0) is 6.42 Å². The van der Waals surface area contributed by atoms with Crippen LogP contribution in [0.15, 0.2) is 195 Å². The number of benzene rings is 4. The predicted molar refractivity (Wildman–Crippen MR) is 341 cm³/mol. The molecule has 0 spiro atoms. The van der Waals surface area contributed by atoms with Gasteiger partial charge in [0.25, 0.3) is 0 Å². The van der Waals surface area contributed by atoms with Crippen molar-refractivity contribution in [3.8, 4) is 40.5 Å². The molecular weight excluding hydrogens is 1120 g/mol. The second-order valence-electron chi connectivity index (χ2n) is 18.5. The maximum Gasteiger partial charge on any atom is 0.248 e. The zero-order valence-electron chi connectivity index (χ0n) is 48.9. The molecule has 12 rings (SSSR count). The molecule has 0 fully saturated rings. The first kappa shape index (κ1) is 60.4. The molecule has 0 bridgehead atoms. The van der Waals surface area contributed by atoms with Gasteiger partial charge in [-0.1, -0.05) is 48.5 Å². The predicted octanol–water partition coefficient (Wildman–Crippen LogP) is 9.06. The number of anilines is 11. The maximum absolute atomic E-state index is 5.97. The molecule has 8 heterocycles. The number of nitrogens with two attached hydrogens (primary N) is 4. The van der Waals surface area contributed by atoms with Gasteiger partial charge in [-0.05, 0) is 136 Å². The van der Waals surface area contributed by atoms with Crippen LogP contribution in [0.25, 0.3) is 23.3 Å². The minimum Gasteiger partial charge on any atom is -0.497 e. The highest BCUT2D eigenvalue weighted by atomic mass is 16.5. The Bertz CT molecular complexity index is 4050. The van der Waals surface area contributed by atoms with E-state index in [2.05, 4.69) is 119 Å². The van der Waals surface area contributed by atoms with Crippen LogP contribution >= 0.6 is 0 Å². The third-order valence-corrected chi connectivity index (χ3v) is 12.5. The number of nitrogens with zero attached hydrogens (tertiary/aromatic N) is 17. The summed E-state index contributed by atoms with van der Waals surface area (Å²) in [6.07, 6.45) is 7.37. The highest BCUT2D eigenvalue weighted by Crippen LogP contribution is 2.25. The average Bonchev–Trinajstić information content (AvgIpc) is 4.45. The van der Waals surface area contributed by atoms with Gasteiger partial charge in [0.2, 0.25) is 41.6 Å². The van der Waals surface area contributed by atoms with Crippen molar-refractivity contribution in [1.29, 1.82) is 0 Å². The number of nitrogen functional groups attached to an aromatic ring is 4. The van der Waals surface area contributed by atoms with Crippen molar-refractivity contribution in [2.75, 3.05) is 77.7 Å². The number of hydrogen-bond acceptors (Lipinski definition) is 23. The number of hydrogen-bond donors (Lipinski definition) is 7. The summed E-state index contributed by atoms with van der Waals surface area (Å²) in [7, 11) is 3.24. The molecule has 0 saturated carbocycles. The Kier molecular flexibility index (Phi) is 20.5. The van der Waals surface area contributed by atoms with Crippen LogP contribution in [0.2, 0.25) is 0 Å². The van der Waals surface area contributed by atoms with Crippen molar-refractivity contribution >= 4 is 64.4 Å². The standard InChI is InChI=1S/C18H22N6.C15H16N6O.2C14H14N6O/c1-3-23(4-2)15-10-8-14(9-11-15)13-16-21-18(19)24(22-16)17-7-5-6-12-20-17;1-2-22-12-7-5-6-11(10-12)18-15-19-14(16)21(20-15)13-8-3-4-9-17-13;1-21-11-6-4-5-10(9-11)17-14-18-13(15)20(19-14)12-7-2-3-8-16-12;1-21-11-7-5-10(6-8-11)17-14-18-13(15)20(19-14)12-4-2-3-9-16-12/h5-12H,3-4,13H2,1-2H3,(H2,19,21,22);3-10H,2H2,1H3,(H3,16,18,19,20);2*2-9H,1H3,(H3,15,17,18,19). The van der Waals surface area contributed by atoms with Crippen molar-refractivity contribution in [3.05, 3.63) is 206 Å². The fourth-order valence-corrected chi connectivity index (χ4v) is 8.35. The van der Waals surface area contributed by atoms with Gasteiger partial charge in [0.1, 0.15) is 17.2 Å². The third-order valence-electron chi connectivity index (χ3n) is 12.5. The van der Waals surface area contributed by atoms with Gasteiger partial charge < -0.3 is 58.0 Å². The molecular formula is C61H66N24O3. The lowest BCUT2D eigenvalue weighted by molar-refractivity contribution is 0.340. The van der Waals surface area contributed by atoms with Gasteiger partial charge >= 0.3 is 0 Å². The molecule has 4 aromatic carbocycles. The van der Waals surface area contributed by atoms with Crippen molar-refractivity contribution < 1.29 is 14.2 Å². The van der Waals surface area contributed by atoms with E-state index in [0.717, 1.165) is 53.0 Å². The van der Waals surface area contributed by atoms with Gasteiger partial charge in [-0.15, -0.1) is 20.4 Å². The Labute approximate surface area is 507 Å². The second-order valence-corrected chi connectivity index (χ2v) is 18.5. The van der Waals surface area contributed by atoms with Crippen LogP contribution in [0.1, 0.15) is 32.2 Å². The molecule has 12 aromatic rings. The molecule has 8 aromatic heterocycles. The Morgan fingerprint density at radius 3 is 1.23 bits per heavy atom. The molecule has 0 saturated heterocycles. The Morgan fingerprint density at radius 1 is 0.409 bits per heavy atom. The molecule has 0 unspecified atom stereocenters. The molecule has 0 aliphatic rings. The summed E-state index contributed by atoms with van der Waals surface area (Å²) in [5, 5.41) is 26.6. The Balaban J connectivity index is 0.000000140. The van der Waals surface area contributed by atoms with Crippen molar-refractivity contribution in [2.45, 2.75) is 27.2 Å². The van der Waals surface area contributed by atoms with E-state index in [-0.39, 0.29) is 17.8 Å². The van der Waals surface area contributed by atoms with Gasteiger partial charge in [0, 0.05) is 79.2 Å². The topological polar surface area (TPSA) is 345 Å². The highest BCUT2D eigenvalue weighted by molar-refractivity contribution is 5.59. The van der Waals surface area contributed by atoms with Crippen LogP contribution in [0, 0.1) is 0 Å². The quantitative estimate of drug-likeness (QED) is 0.0397. The number of methoxy groups -OCH3 is 2. The first-order valence-corrected chi connectivity index (χ1v) is 27.7. The molecule has 0 radical (unpaired) electrons. The molecule has 11 N–H and O–H groups in total. The molecule has 0 aliphatic carbocycles. The largest absolute Gasteiger partial charge is 0.497 e. The van der Waals surface area contributed by atoms with Crippen LogP contribution in [-0.4, -0.2) is 113 Å².